The van der Waals surface area contributed by atoms with E-state index >= 15 is 0 Å². The Hall–Kier alpha value is -1.02. The lowest BCUT2D eigenvalue weighted by Gasteiger charge is -2.16. The first-order valence-electron chi connectivity index (χ1n) is 7.39. The van der Waals surface area contributed by atoms with Gasteiger partial charge in [0.25, 0.3) is 0 Å². The number of unbranched alkanes of at least 4 members (excludes halogenated alkanes) is 1. The zero-order valence-corrected chi connectivity index (χ0v) is 13.8. The minimum absolute atomic E-state index is 0.242. The van der Waals surface area contributed by atoms with Gasteiger partial charge in [-0.25, -0.2) is 0 Å². The molecule has 0 fully saturated rings. The third-order valence-corrected chi connectivity index (χ3v) is 4.18. The molecule has 0 aromatic heterocycles. The van der Waals surface area contributed by atoms with E-state index in [1.807, 2.05) is 12.1 Å². The van der Waals surface area contributed by atoms with Crippen molar-refractivity contribution in [3.05, 3.63) is 69.7 Å². The number of halogens is 2. The predicted octanol–water partition coefficient (Wildman–Crippen LogP) is 5.67. The maximum Gasteiger partial charge on any atom is 0.0468 e. The van der Waals surface area contributed by atoms with Crippen LogP contribution in [0.25, 0.3) is 0 Å². The first kappa shape index (κ1) is 16.4. The number of hydrogen-bond donors (Lipinski definition) is 1. The molecule has 0 aliphatic rings. The highest BCUT2D eigenvalue weighted by molar-refractivity contribution is 6.35. The Morgan fingerprint density at radius 2 is 1.76 bits per heavy atom. The summed E-state index contributed by atoms with van der Waals surface area (Å²) in [7, 11) is 0. The number of benzene rings is 2. The molecule has 1 unspecified atom stereocenters. The molecule has 112 valence electrons. The van der Waals surface area contributed by atoms with Gasteiger partial charge in [-0.2, -0.15) is 0 Å². The van der Waals surface area contributed by atoms with Crippen LogP contribution >= 0.6 is 23.2 Å². The summed E-state index contributed by atoms with van der Waals surface area (Å²) in [6.45, 7) is 3.12. The van der Waals surface area contributed by atoms with Gasteiger partial charge in [-0.15, -0.1) is 0 Å². The highest BCUT2D eigenvalue weighted by atomic mass is 35.5. The molecule has 21 heavy (non-hydrogen) atoms. The number of rotatable bonds is 7. The van der Waals surface area contributed by atoms with Crippen molar-refractivity contribution in [3.63, 3.8) is 0 Å². The van der Waals surface area contributed by atoms with Crippen molar-refractivity contribution in [2.75, 3.05) is 6.54 Å². The van der Waals surface area contributed by atoms with E-state index in [1.165, 1.54) is 12.0 Å². The Balaban J connectivity index is 1.71. The average molecular weight is 322 g/mol. The summed E-state index contributed by atoms with van der Waals surface area (Å²) in [4.78, 5) is 0. The SMILES string of the molecule is CC(NCCCCc1ccccc1)c1ccc(Cl)cc1Cl. The van der Waals surface area contributed by atoms with Crippen molar-refractivity contribution in [3.8, 4) is 0 Å². The highest BCUT2D eigenvalue weighted by Gasteiger charge is 2.09. The summed E-state index contributed by atoms with van der Waals surface area (Å²) in [5, 5.41) is 4.93. The fourth-order valence-corrected chi connectivity index (χ4v) is 2.95. The summed E-state index contributed by atoms with van der Waals surface area (Å²) in [6.07, 6.45) is 3.49. The second-order valence-electron chi connectivity index (χ2n) is 5.28. The topological polar surface area (TPSA) is 12.0 Å². The second kappa shape index (κ2) is 8.43. The van der Waals surface area contributed by atoms with Crippen LogP contribution < -0.4 is 5.32 Å². The summed E-state index contributed by atoms with van der Waals surface area (Å²) in [5.41, 5.74) is 2.51. The quantitative estimate of drug-likeness (QED) is 0.648. The van der Waals surface area contributed by atoms with Crippen LogP contribution in [0.2, 0.25) is 10.0 Å². The molecule has 3 heteroatoms. The summed E-state index contributed by atoms with van der Waals surface area (Å²) >= 11 is 12.1. The lowest BCUT2D eigenvalue weighted by Crippen LogP contribution is -2.20. The normalized spacial score (nSPS) is 12.3. The van der Waals surface area contributed by atoms with E-state index in [9.17, 15) is 0 Å². The largest absolute Gasteiger partial charge is 0.310 e. The predicted molar refractivity (Wildman–Crippen MR) is 92.3 cm³/mol. The molecule has 2 aromatic carbocycles. The Kier molecular flexibility index (Phi) is 6.56. The van der Waals surface area contributed by atoms with Gasteiger partial charge in [-0.05, 0) is 56.0 Å². The molecule has 0 radical (unpaired) electrons. The number of nitrogens with one attached hydrogen (secondary N) is 1. The third-order valence-electron chi connectivity index (χ3n) is 3.61. The zero-order valence-electron chi connectivity index (χ0n) is 12.3. The number of hydrogen-bond acceptors (Lipinski definition) is 1. The van der Waals surface area contributed by atoms with Crippen LogP contribution in [0, 0.1) is 0 Å². The monoisotopic (exact) mass is 321 g/mol. The molecule has 2 aromatic rings. The molecule has 0 saturated carbocycles. The summed E-state index contributed by atoms with van der Waals surface area (Å²) < 4.78 is 0. The van der Waals surface area contributed by atoms with Crippen LogP contribution in [0.1, 0.15) is 36.9 Å². The van der Waals surface area contributed by atoms with Gasteiger partial charge in [0.05, 0.1) is 0 Å². The van der Waals surface area contributed by atoms with E-state index in [2.05, 4.69) is 42.6 Å². The van der Waals surface area contributed by atoms with E-state index in [4.69, 9.17) is 23.2 Å². The molecule has 2 rings (SSSR count). The zero-order chi connectivity index (χ0) is 15.1. The van der Waals surface area contributed by atoms with Gasteiger partial charge in [-0.1, -0.05) is 59.6 Å². The van der Waals surface area contributed by atoms with Crippen molar-refractivity contribution in [1.29, 1.82) is 0 Å². The molecular weight excluding hydrogens is 301 g/mol. The van der Waals surface area contributed by atoms with Crippen LogP contribution in [0.5, 0.6) is 0 Å². The highest BCUT2D eigenvalue weighted by Crippen LogP contribution is 2.26. The van der Waals surface area contributed by atoms with Gasteiger partial charge in [0.1, 0.15) is 0 Å². The summed E-state index contributed by atoms with van der Waals surface area (Å²) in [6, 6.07) is 16.5. The average Bonchev–Trinajstić information content (AvgIpc) is 2.47. The lowest BCUT2D eigenvalue weighted by atomic mass is 10.1. The van der Waals surface area contributed by atoms with Crippen LogP contribution in [0.4, 0.5) is 0 Å². The summed E-state index contributed by atoms with van der Waals surface area (Å²) in [5.74, 6) is 0. The van der Waals surface area contributed by atoms with E-state index < -0.39 is 0 Å². The van der Waals surface area contributed by atoms with Crippen LogP contribution in [-0.4, -0.2) is 6.54 Å². The molecule has 0 aliphatic carbocycles. The molecule has 0 amide bonds. The maximum absolute atomic E-state index is 6.22. The molecular formula is C18H21Cl2N. The minimum Gasteiger partial charge on any atom is -0.310 e. The fourth-order valence-electron chi connectivity index (χ4n) is 2.38. The molecule has 1 nitrogen and oxygen atoms in total. The lowest BCUT2D eigenvalue weighted by molar-refractivity contribution is 0.546. The van der Waals surface area contributed by atoms with Gasteiger partial charge < -0.3 is 5.32 Å². The Morgan fingerprint density at radius 1 is 1.00 bits per heavy atom. The molecule has 0 heterocycles. The third kappa shape index (κ3) is 5.35. The van der Waals surface area contributed by atoms with E-state index in [0.717, 1.165) is 30.0 Å². The molecule has 0 aliphatic heterocycles. The Bertz CT molecular complexity index is 554. The Morgan fingerprint density at radius 3 is 2.48 bits per heavy atom. The van der Waals surface area contributed by atoms with Crippen molar-refractivity contribution in [1.82, 2.24) is 5.32 Å². The van der Waals surface area contributed by atoms with Crippen molar-refractivity contribution in [2.45, 2.75) is 32.2 Å². The maximum atomic E-state index is 6.22. The van der Waals surface area contributed by atoms with Crippen LogP contribution in [0.3, 0.4) is 0 Å². The second-order valence-corrected chi connectivity index (χ2v) is 6.13. The smallest absolute Gasteiger partial charge is 0.0468 e. The van der Waals surface area contributed by atoms with Crippen molar-refractivity contribution < 1.29 is 0 Å². The van der Waals surface area contributed by atoms with E-state index in [1.54, 1.807) is 6.07 Å². The molecule has 1 N–H and O–H groups in total. The fraction of sp³-hybridized carbons (Fsp3) is 0.333. The van der Waals surface area contributed by atoms with Gasteiger partial charge in [0.2, 0.25) is 0 Å². The van der Waals surface area contributed by atoms with Crippen molar-refractivity contribution >= 4 is 23.2 Å². The van der Waals surface area contributed by atoms with E-state index in [0.29, 0.717) is 5.02 Å². The van der Waals surface area contributed by atoms with Gasteiger partial charge in [0.15, 0.2) is 0 Å². The van der Waals surface area contributed by atoms with Crippen LogP contribution in [-0.2, 0) is 6.42 Å². The molecule has 0 spiro atoms. The van der Waals surface area contributed by atoms with Crippen LogP contribution in [0.15, 0.2) is 48.5 Å². The number of aryl methyl sites for hydroxylation is 1. The molecule has 0 saturated heterocycles. The van der Waals surface area contributed by atoms with Gasteiger partial charge in [0, 0.05) is 16.1 Å². The van der Waals surface area contributed by atoms with Gasteiger partial charge in [-0.3, -0.25) is 0 Å². The molecule has 0 bridgehead atoms. The minimum atomic E-state index is 0.242. The standard InChI is InChI=1S/C18H21Cl2N/c1-14(17-11-10-16(19)13-18(17)20)21-12-6-5-9-15-7-3-2-4-8-15/h2-4,7-8,10-11,13-14,21H,5-6,9,12H2,1H3. The van der Waals surface area contributed by atoms with E-state index in [-0.39, 0.29) is 6.04 Å². The Labute approximate surface area is 137 Å². The van der Waals surface area contributed by atoms with Crippen molar-refractivity contribution in [2.24, 2.45) is 0 Å². The molecule has 1 atom stereocenters. The first-order chi connectivity index (χ1) is 10.2. The van der Waals surface area contributed by atoms with Gasteiger partial charge >= 0.3 is 0 Å². The first-order valence-corrected chi connectivity index (χ1v) is 8.14.